The van der Waals surface area contributed by atoms with Crippen LogP contribution in [0.25, 0.3) is 0 Å². The number of aliphatic hydroxyl groups is 4. The fraction of sp³-hybridized carbons (Fsp3) is 0.981. The first-order chi connectivity index (χ1) is 28.5. The van der Waals surface area contributed by atoms with E-state index in [2.05, 4.69) is 19.2 Å². The number of hydrogen-bond acceptors (Lipinski definition) is 5. The lowest BCUT2D eigenvalue weighted by Crippen LogP contribution is -2.53. The lowest BCUT2D eigenvalue weighted by atomic mass is 9.99. The Bertz CT molecular complexity index is 796. The predicted octanol–water partition coefficient (Wildman–Crippen LogP) is 14.8. The Morgan fingerprint density at radius 1 is 0.362 bits per heavy atom. The number of aliphatic hydroxyl groups excluding tert-OH is 4. The van der Waals surface area contributed by atoms with Crippen molar-refractivity contribution < 1.29 is 25.2 Å². The Kier molecular flexibility index (Phi) is 46.8. The van der Waals surface area contributed by atoms with Gasteiger partial charge >= 0.3 is 0 Å². The number of hydrogen-bond donors (Lipinski definition) is 5. The van der Waals surface area contributed by atoms with Gasteiger partial charge in [-0.2, -0.15) is 0 Å². The summed E-state index contributed by atoms with van der Waals surface area (Å²) in [6.07, 6.45) is 53.0. The van der Waals surface area contributed by atoms with Gasteiger partial charge in [0.2, 0.25) is 5.91 Å². The Balaban J connectivity index is 3.60. The molecule has 0 fully saturated rings. The average molecular weight is 824 g/mol. The Labute approximate surface area is 362 Å². The van der Waals surface area contributed by atoms with Crippen LogP contribution in [0.1, 0.15) is 296 Å². The number of unbranched alkanes of at least 4 members (excludes halogenated alkanes) is 40. The van der Waals surface area contributed by atoms with Crippen LogP contribution in [0.2, 0.25) is 0 Å². The minimum absolute atomic E-state index is 0.376. The first-order valence-corrected chi connectivity index (χ1v) is 26.4. The quantitative estimate of drug-likeness (QED) is 0.0393. The summed E-state index contributed by atoms with van der Waals surface area (Å²) in [4.78, 5) is 12.6. The molecule has 6 nitrogen and oxygen atoms in total. The number of carbonyl (C=O) groups is 1. The molecule has 0 saturated carbocycles. The van der Waals surface area contributed by atoms with Crippen LogP contribution in [0.15, 0.2) is 0 Å². The van der Waals surface area contributed by atoms with Gasteiger partial charge in [0.05, 0.1) is 18.8 Å². The van der Waals surface area contributed by atoms with Crippen molar-refractivity contribution in [3.05, 3.63) is 0 Å². The molecule has 6 heteroatoms. The van der Waals surface area contributed by atoms with Crippen LogP contribution in [0.4, 0.5) is 0 Å². The summed E-state index contributed by atoms with van der Waals surface area (Å²) >= 11 is 0. The smallest absolute Gasteiger partial charge is 0.249 e. The van der Waals surface area contributed by atoms with E-state index < -0.39 is 36.9 Å². The third-order valence-corrected chi connectivity index (χ3v) is 12.8. The number of nitrogens with one attached hydrogen (secondary N) is 1. The zero-order chi connectivity index (χ0) is 42.4. The van der Waals surface area contributed by atoms with Crippen molar-refractivity contribution >= 4 is 5.91 Å². The molecule has 58 heavy (non-hydrogen) atoms. The molecule has 0 heterocycles. The summed E-state index contributed by atoms with van der Waals surface area (Å²) < 4.78 is 0. The third kappa shape index (κ3) is 40.7. The highest BCUT2D eigenvalue weighted by atomic mass is 16.3. The van der Waals surface area contributed by atoms with Gasteiger partial charge < -0.3 is 25.7 Å². The largest absolute Gasteiger partial charge is 0.394 e. The van der Waals surface area contributed by atoms with E-state index in [1.54, 1.807) is 0 Å². The molecular formula is C52H105NO5. The molecule has 4 atom stereocenters. The van der Waals surface area contributed by atoms with Crippen LogP contribution in [0.3, 0.4) is 0 Å². The second-order valence-electron chi connectivity index (χ2n) is 18.6. The van der Waals surface area contributed by atoms with Gasteiger partial charge in [-0.3, -0.25) is 4.79 Å². The Hall–Kier alpha value is -0.690. The molecule has 4 unspecified atom stereocenters. The van der Waals surface area contributed by atoms with Gasteiger partial charge in [0.15, 0.2) is 0 Å². The Morgan fingerprint density at radius 3 is 0.828 bits per heavy atom. The highest BCUT2D eigenvalue weighted by Gasteiger charge is 2.28. The minimum atomic E-state index is -1.25. The van der Waals surface area contributed by atoms with E-state index >= 15 is 0 Å². The first kappa shape index (κ1) is 57.3. The van der Waals surface area contributed by atoms with E-state index in [1.807, 2.05) is 0 Å². The number of amides is 1. The van der Waals surface area contributed by atoms with E-state index in [0.717, 1.165) is 38.5 Å². The molecule has 0 bridgehead atoms. The van der Waals surface area contributed by atoms with E-state index in [9.17, 15) is 25.2 Å². The van der Waals surface area contributed by atoms with E-state index in [-0.39, 0.29) is 0 Å². The van der Waals surface area contributed by atoms with Gasteiger partial charge in [-0.05, 0) is 12.8 Å². The molecule has 5 N–H and O–H groups in total. The molecule has 348 valence electrons. The Morgan fingerprint density at radius 2 is 0.586 bits per heavy atom. The van der Waals surface area contributed by atoms with Gasteiger partial charge in [-0.25, -0.2) is 0 Å². The lowest BCUT2D eigenvalue weighted by Gasteiger charge is -2.27. The molecule has 0 aliphatic carbocycles. The summed E-state index contributed by atoms with van der Waals surface area (Å²) in [5.74, 6) is -0.576. The minimum Gasteiger partial charge on any atom is -0.394 e. The summed E-state index contributed by atoms with van der Waals surface area (Å²) in [7, 11) is 0. The van der Waals surface area contributed by atoms with Crippen LogP contribution < -0.4 is 5.32 Å². The van der Waals surface area contributed by atoms with E-state index in [0.29, 0.717) is 12.8 Å². The third-order valence-electron chi connectivity index (χ3n) is 12.8. The molecule has 1 amide bonds. The van der Waals surface area contributed by atoms with Crippen molar-refractivity contribution in [3.63, 3.8) is 0 Å². The molecule has 0 spiro atoms. The maximum absolute atomic E-state index is 12.6. The molecule has 0 saturated heterocycles. The van der Waals surface area contributed by atoms with Gasteiger partial charge in [0.25, 0.3) is 0 Å². The topological polar surface area (TPSA) is 110 Å². The molecule has 0 aromatic heterocycles. The lowest BCUT2D eigenvalue weighted by molar-refractivity contribution is -0.132. The van der Waals surface area contributed by atoms with Gasteiger partial charge in [-0.15, -0.1) is 0 Å². The van der Waals surface area contributed by atoms with Crippen LogP contribution in [-0.4, -0.2) is 57.3 Å². The van der Waals surface area contributed by atoms with Crippen LogP contribution >= 0.6 is 0 Å². The number of carbonyl (C=O) groups excluding carboxylic acids is 1. The monoisotopic (exact) mass is 824 g/mol. The molecule has 0 aromatic carbocycles. The SMILES string of the molecule is CCCCCCCCCCCCCCCCCCCCCCCCCCCC(O)C(=O)NC(CO)C(O)C(O)CCCCCCCCCCCCCCCCCCC. The van der Waals surface area contributed by atoms with Gasteiger partial charge in [-0.1, -0.05) is 284 Å². The zero-order valence-corrected chi connectivity index (χ0v) is 39.3. The second kappa shape index (κ2) is 47.4. The standard InChI is InChI=1S/C52H105NO5/c1-3-5-7-9-11-13-15-17-19-21-22-23-24-25-26-27-28-30-32-34-36-38-40-42-44-46-50(56)52(58)53-48(47-54)51(57)49(55)45-43-41-39-37-35-33-31-29-20-18-16-14-12-10-8-6-4-2/h48-51,54-57H,3-47H2,1-2H3,(H,53,58). The van der Waals surface area contributed by atoms with Gasteiger partial charge in [0.1, 0.15) is 12.2 Å². The van der Waals surface area contributed by atoms with Crippen LogP contribution in [0.5, 0.6) is 0 Å². The summed E-state index contributed by atoms with van der Waals surface area (Å²) in [6.45, 7) is 4.09. The zero-order valence-electron chi connectivity index (χ0n) is 39.3. The van der Waals surface area contributed by atoms with Crippen molar-refractivity contribution in [2.24, 2.45) is 0 Å². The van der Waals surface area contributed by atoms with Crippen molar-refractivity contribution in [3.8, 4) is 0 Å². The molecule has 0 aliphatic rings. The van der Waals surface area contributed by atoms with E-state index in [1.165, 1.54) is 231 Å². The summed E-state index contributed by atoms with van der Waals surface area (Å²) in [5.41, 5.74) is 0. The maximum Gasteiger partial charge on any atom is 0.249 e. The highest BCUT2D eigenvalue weighted by molar-refractivity contribution is 5.80. The first-order valence-electron chi connectivity index (χ1n) is 26.4. The fourth-order valence-electron chi connectivity index (χ4n) is 8.64. The molecule has 0 aromatic rings. The molecule has 0 rings (SSSR count). The summed E-state index contributed by atoms with van der Waals surface area (Å²) in [5, 5.41) is 43.9. The molecule has 0 radical (unpaired) electrons. The van der Waals surface area contributed by atoms with Crippen molar-refractivity contribution in [2.75, 3.05) is 6.61 Å². The summed E-state index contributed by atoms with van der Waals surface area (Å²) in [6, 6.07) is -0.980. The average Bonchev–Trinajstić information content (AvgIpc) is 3.23. The predicted molar refractivity (Wildman–Crippen MR) is 252 cm³/mol. The normalized spacial score (nSPS) is 13.8. The maximum atomic E-state index is 12.6. The van der Waals surface area contributed by atoms with Crippen LogP contribution in [-0.2, 0) is 4.79 Å². The van der Waals surface area contributed by atoms with Crippen molar-refractivity contribution in [1.29, 1.82) is 0 Å². The van der Waals surface area contributed by atoms with Gasteiger partial charge in [0, 0.05) is 0 Å². The van der Waals surface area contributed by atoms with Crippen LogP contribution in [0, 0.1) is 0 Å². The molecular weight excluding hydrogens is 719 g/mol. The van der Waals surface area contributed by atoms with Crippen molar-refractivity contribution in [1.82, 2.24) is 5.32 Å². The van der Waals surface area contributed by atoms with E-state index in [4.69, 9.17) is 0 Å². The fourth-order valence-corrected chi connectivity index (χ4v) is 8.64. The van der Waals surface area contributed by atoms with Crippen molar-refractivity contribution in [2.45, 2.75) is 321 Å². The number of rotatable bonds is 49. The molecule has 0 aliphatic heterocycles. The second-order valence-corrected chi connectivity index (χ2v) is 18.6. The highest BCUT2D eigenvalue weighted by Crippen LogP contribution is 2.18.